The van der Waals surface area contributed by atoms with Crippen molar-refractivity contribution in [3.05, 3.63) is 74.7 Å². The number of halogens is 1. The number of aryl methyl sites for hydroxylation is 1. The van der Waals surface area contributed by atoms with E-state index in [1.165, 1.54) is 6.92 Å². The summed E-state index contributed by atoms with van der Waals surface area (Å²) < 4.78 is 12.6. The van der Waals surface area contributed by atoms with Gasteiger partial charge in [0.05, 0.1) is 23.9 Å². The van der Waals surface area contributed by atoms with Crippen molar-refractivity contribution >= 4 is 23.4 Å². The van der Waals surface area contributed by atoms with E-state index in [4.69, 9.17) is 26.1 Å². The molecule has 0 amide bonds. The van der Waals surface area contributed by atoms with E-state index in [0.717, 1.165) is 16.8 Å². The van der Waals surface area contributed by atoms with Crippen LogP contribution in [0.15, 0.2) is 47.3 Å². The van der Waals surface area contributed by atoms with Crippen LogP contribution >= 0.6 is 11.6 Å². The molecule has 4 rings (SSSR count). The standard InChI is InChI=1S/C26H28ClN3O4/c1-5-21-25(29-23-18-10-8-7-9-16(18)13-22(23)34-15(3)31)30(6-2)26(32)24(28-21)19-12-11-17(33-4)14-20(19)27/h7-12,14,22-23,29H,5-6,13H2,1-4H3/t22-,23-/m0/s1. The number of carbonyl (C=O) groups excluding carboxylic acids is 1. The van der Waals surface area contributed by atoms with E-state index in [1.807, 2.05) is 38.1 Å². The third-order valence-electron chi connectivity index (χ3n) is 6.11. The quantitative estimate of drug-likeness (QED) is 0.488. The number of benzene rings is 2. The number of ether oxygens (including phenoxy) is 2. The number of hydrogen-bond acceptors (Lipinski definition) is 6. The molecule has 0 aliphatic heterocycles. The Balaban J connectivity index is 1.82. The number of methoxy groups -OCH3 is 1. The van der Waals surface area contributed by atoms with Crippen molar-refractivity contribution in [3.63, 3.8) is 0 Å². The minimum atomic E-state index is -0.379. The molecular formula is C26H28ClN3O4. The molecule has 0 saturated carbocycles. The van der Waals surface area contributed by atoms with E-state index in [1.54, 1.807) is 29.9 Å². The Labute approximate surface area is 203 Å². The zero-order valence-electron chi connectivity index (χ0n) is 19.7. The Morgan fingerprint density at radius 2 is 2.00 bits per heavy atom. The normalized spacial score (nSPS) is 16.7. The van der Waals surface area contributed by atoms with E-state index in [2.05, 4.69) is 5.32 Å². The molecule has 8 heteroatoms. The third-order valence-corrected chi connectivity index (χ3v) is 6.43. The van der Waals surface area contributed by atoms with Crippen molar-refractivity contribution in [2.75, 3.05) is 12.4 Å². The highest BCUT2D eigenvalue weighted by Gasteiger charge is 2.36. The van der Waals surface area contributed by atoms with Crippen molar-refractivity contribution in [3.8, 4) is 17.0 Å². The molecule has 1 N–H and O–H groups in total. The summed E-state index contributed by atoms with van der Waals surface area (Å²) in [5, 5.41) is 3.91. The highest BCUT2D eigenvalue weighted by molar-refractivity contribution is 6.33. The number of anilines is 1. The first-order valence-corrected chi connectivity index (χ1v) is 11.7. The number of aromatic nitrogens is 2. The lowest BCUT2D eigenvalue weighted by molar-refractivity contribution is -0.146. The lowest BCUT2D eigenvalue weighted by atomic mass is 10.1. The van der Waals surface area contributed by atoms with Gasteiger partial charge in [-0.1, -0.05) is 42.8 Å². The van der Waals surface area contributed by atoms with Gasteiger partial charge in [0.2, 0.25) is 0 Å². The molecular weight excluding hydrogens is 454 g/mol. The predicted molar refractivity (Wildman–Crippen MR) is 133 cm³/mol. The lowest BCUT2D eigenvalue weighted by Crippen LogP contribution is -2.32. The van der Waals surface area contributed by atoms with Crippen LogP contribution < -0.4 is 15.6 Å². The van der Waals surface area contributed by atoms with E-state index in [9.17, 15) is 9.59 Å². The largest absolute Gasteiger partial charge is 0.497 e. The second-order valence-electron chi connectivity index (χ2n) is 8.18. The summed E-state index contributed by atoms with van der Waals surface area (Å²) in [5.74, 6) is 0.896. The summed E-state index contributed by atoms with van der Waals surface area (Å²) in [5.41, 5.74) is 3.50. The van der Waals surface area contributed by atoms with Crippen LogP contribution in [0.25, 0.3) is 11.3 Å². The minimum Gasteiger partial charge on any atom is -0.497 e. The highest BCUT2D eigenvalue weighted by atomic mass is 35.5. The average Bonchev–Trinajstić information content (AvgIpc) is 3.16. The molecule has 0 bridgehead atoms. The SMILES string of the molecule is CCc1nc(-c2ccc(OC)cc2Cl)c(=O)n(CC)c1N[C@H]1c2ccccc2C[C@@H]1OC(C)=O. The van der Waals surface area contributed by atoms with Crippen LogP contribution in [0.5, 0.6) is 5.75 Å². The number of nitrogens with one attached hydrogen (secondary N) is 1. The summed E-state index contributed by atoms with van der Waals surface area (Å²) in [4.78, 5) is 30.1. The van der Waals surface area contributed by atoms with Gasteiger partial charge in [-0.05, 0) is 42.7 Å². The second-order valence-corrected chi connectivity index (χ2v) is 8.58. The van der Waals surface area contributed by atoms with Crippen LogP contribution in [0.3, 0.4) is 0 Å². The van der Waals surface area contributed by atoms with Gasteiger partial charge in [-0.25, -0.2) is 4.98 Å². The van der Waals surface area contributed by atoms with Gasteiger partial charge in [0.25, 0.3) is 5.56 Å². The third kappa shape index (κ3) is 4.40. The van der Waals surface area contributed by atoms with Crippen molar-refractivity contribution in [2.45, 2.75) is 52.3 Å². The average molecular weight is 482 g/mol. The minimum absolute atomic E-state index is 0.246. The number of rotatable bonds is 7. The van der Waals surface area contributed by atoms with Gasteiger partial charge in [0.15, 0.2) is 0 Å². The summed E-state index contributed by atoms with van der Waals surface area (Å²) in [7, 11) is 1.56. The van der Waals surface area contributed by atoms with Crippen LogP contribution in [-0.2, 0) is 28.9 Å². The molecule has 3 aromatic rings. The van der Waals surface area contributed by atoms with Gasteiger partial charge in [0, 0.05) is 25.5 Å². The van der Waals surface area contributed by atoms with Crippen LogP contribution in [0.1, 0.15) is 43.6 Å². The number of carbonyl (C=O) groups is 1. The van der Waals surface area contributed by atoms with Crippen LogP contribution in [0.4, 0.5) is 5.82 Å². The van der Waals surface area contributed by atoms with E-state index in [0.29, 0.717) is 47.2 Å². The first kappa shape index (κ1) is 23.8. The van der Waals surface area contributed by atoms with Gasteiger partial charge in [0.1, 0.15) is 23.4 Å². The zero-order valence-corrected chi connectivity index (χ0v) is 20.5. The Kier molecular flexibility index (Phi) is 6.93. The van der Waals surface area contributed by atoms with E-state index < -0.39 is 0 Å². The van der Waals surface area contributed by atoms with Gasteiger partial charge in [-0.2, -0.15) is 0 Å². The van der Waals surface area contributed by atoms with E-state index in [-0.39, 0.29) is 23.7 Å². The van der Waals surface area contributed by atoms with Crippen molar-refractivity contribution in [1.82, 2.24) is 9.55 Å². The zero-order chi connectivity index (χ0) is 24.4. The van der Waals surface area contributed by atoms with Crippen LogP contribution in [-0.4, -0.2) is 28.7 Å². The van der Waals surface area contributed by atoms with E-state index >= 15 is 0 Å². The molecule has 0 spiro atoms. The summed E-state index contributed by atoms with van der Waals surface area (Å²) in [6.45, 7) is 5.75. The Hall–Kier alpha value is -3.32. The topological polar surface area (TPSA) is 82.4 Å². The van der Waals surface area contributed by atoms with Gasteiger partial charge in [-0.15, -0.1) is 0 Å². The number of nitrogens with zero attached hydrogens (tertiary/aromatic N) is 2. The second kappa shape index (κ2) is 9.89. The molecule has 34 heavy (non-hydrogen) atoms. The van der Waals surface area contributed by atoms with Gasteiger partial charge < -0.3 is 14.8 Å². The Morgan fingerprint density at radius 1 is 1.24 bits per heavy atom. The fraction of sp³-hybridized carbons (Fsp3) is 0.346. The molecule has 0 radical (unpaired) electrons. The molecule has 178 valence electrons. The fourth-order valence-electron chi connectivity index (χ4n) is 4.52. The molecule has 0 unspecified atom stereocenters. The predicted octanol–water partition coefficient (Wildman–Crippen LogP) is 4.80. The molecule has 0 saturated heterocycles. The van der Waals surface area contributed by atoms with Crippen LogP contribution in [0, 0.1) is 0 Å². The molecule has 1 heterocycles. The lowest BCUT2D eigenvalue weighted by Gasteiger charge is -2.26. The fourth-order valence-corrected chi connectivity index (χ4v) is 4.78. The summed E-state index contributed by atoms with van der Waals surface area (Å²) in [6.07, 6.45) is 0.824. The highest BCUT2D eigenvalue weighted by Crippen LogP contribution is 2.37. The maximum absolute atomic E-state index is 13.6. The molecule has 2 atom stereocenters. The first-order chi connectivity index (χ1) is 16.4. The molecule has 2 aromatic carbocycles. The van der Waals surface area contributed by atoms with Gasteiger partial charge >= 0.3 is 5.97 Å². The smallest absolute Gasteiger partial charge is 0.302 e. The molecule has 1 aromatic heterocycles. The first-order valence-electron chi connectivity index (χ1n) is 11.4. The number of hydrogen-bond donors (Lipinski definition) is 1. The maximum Gasteiger partial charge on any atom is 0.302 e. The Morgan fingerprint density at radius 3 is 2.65 bits per heavy atom. The van der Waals surface area contributed by atoms with Crippen molar-refractivity contribution in [2.24, 2.45) is 0 Å². The molecule has 1 aliphatic rings. The molecule has 0 fully saturated rings. The summed E-state index contributed by atoms with van der Waals surface area (Å²) in [6, 6.07) is 12.9. The van der Waals surface area contributed by atoms with Gasteiger partial charge in [-0.3, -0.25) is 14.2 Å². The molecule has 1 aliphatic carbocycles. The monoisotopic (exact) mass is 481 g/mol. The van der Waals surface area contributed by atoms with Crippen LogP contribution in [0.2, 0.25) is 5.02 Å². The summed E-state index contributed by atoms with van der Waals surface area (Å²) >= 11 is 6.47. The number of esters is 1. The maximum atomic E-state index is 13.6. The van der Waals surface area contributed by atoms with Crippen molar-refractivity contribution < 1.29 is 14.3 Å². The number of fused-ring (bicyclic) bond motifs is 1. The van der Waals surface area contributed by atoms with Crippen molar-refractivity contribution in [1.29, 1.82) is 0 Å². The molecule has 7 nitrogen and oxygen atoms in total. The Bertz CT molecular complexity index is 1290.